The second-order valence-corrected chi connectivity index (χ2v) is 7.76. The highest BCUT2D eigenvalue weighted by Crippen LogP contribution is 2.28. The number of amides is 2. The van der Waals surface area contributed by atoms with Gasteiger partial charge in [-0.3, -0.25) is 9.59 Å². The Morgan fingerprint density at radius 2 is 2.07 bits per heavy atom. The van der Waals surface area contributed by atoms with Gasteiger partial charge in [0.05, 0.1) is 27.7 Å². The number of aromatic nitrogens is 3. The number of rotatable bonds is 8. The van der Waals surface area contributed by atoms with E-state index in [4.69, 9.17) is 4.98 Å². The summed E-state index contributed by atoms with van der Waals surface area (Å²) in [5, 5.41) is 12.8. The molecule has 8 heteroatoms. The van der Waals surface area contributed by atoms with E-state index in [1.165, 1.54) is 0 Å². The summed E-state index contributed by atoms with van der Waals surface area (Å²) in [6, 6.07) is 5.86. The van der Waals surface area contributed by atoms with Crippen LogP contribution in [-0.4, -0.2) is 39.7 Å². The fourth-order valence-electron chi connectivity index (χ4n) is 2.87. The summed E-state index contributed by atoms with van der Waals surface area (Å²) in [4.78, 5) is 30.3. The van der Waals surface area contributed by atoms with Crippen molar-refractivity contribution in [2.24, 2.45) is 0 Å². The fraction of sp³-hybridized carbons (Fsp3) is 0.400. The van der Waals surface area contributed by atoms with E-state index in [0.717, 1.165) is 17.0 Å². The molecule has 3 heterocycles. The Morgan fingerprint density at radius 3 is 2.75 bits per heavy atom. The third kappa shape index (κ3) is 4.39. The lowest BCUT2D eigenvalue weighted by Crippen LogP contribution is -2.31. The van der Waals surface area contributed by atoms with Crippen LogP contribution in [0.25, 0.3) is 21.6 Å². The van der Waals surface area contributed by atoms with Crippen LogP contribution < -0.4 is 10.6 Å². The molecule has 0 aliphatic carbocycles. The van der Waals surface area contributed by atoms with Gasteiger partial charge in [0.2, 0.25) is 5.91 Å². The van der Waals surface area contributed by atoms with Crippen LogP contribution in [0.4, 0.5) is 0 Å². The Hall–Kier alpha value is -2.74. The average Bonchev–Trinajstić information content (AvgIpc) is 3.34. The third-order valence-electron chi connectivity index (χ3n) is 4.28. The predicted octanol–water partition coefficient (Wildman–Crippen LogP) is 3.39. The molecule has 2 N–H and O–H groups in total. The minimum absolute atomic E-state index is 0.0612. The standard InChI is InChI=1S/C20H25N5O2S/c1-4-8-21-18(26)7-9-22-20(27)14-11-16(17-6-5-10-28-17)24-19-15(14)12-23-25(19)13(2)3/h5-6,10-13H,4,7-9H2,1-3H3,(H,21,26)(H,22,27). The number of nitrogens with one attached hydrogen (secondary N) is 2. The van der Waals surface area contributed by atoms with Crippen molar-refractivity contribution in [1.82, 2.24) is 25.4 Å². The van der Waals surface area contributed by atoms with Crippen LogP contribution in [0, 0.1) is 0 Å². The van der Waals surface area contributed by atoms with Crippen molar-refractivity contribution >= 4 is 34.2 Å². The zero-order chi connectivity index (χ0) is 20.1. The molecular formula is C20H25N5O2S. The van der Waals surface area contributed by atoms with E-state index in [1.54, 1.807) is 23.6 Å². The fourth-order valence-corrected chi connectivity index (χ4v) is 3.56. The van der Waals surface area contributed by atoms with Gasteiger partial charge in [-0.25, -0.2) is 9.67 Å². The highest BCUT2D eigenvalue weighted by molar-refractivity contribution is 7.13. The van der Waals surface area contributed by atoms with Crippen molar-refractivity contribution in [2.75, 3.05) is 13.1 Å². The summed E-state index contributed by atoms with van der Waals surface area (Å²) < 4.78 is 1.82. The molecule has 3 aromatic heterocycles. The van der Waals surface area contributed by atoms with Crippen LogP contribution in [0.5, 0.6) is 0 Å². The summed E-state index contributed by atoms with van der Waals surface area (Å²) in [7, 11) is 0. The molecule has 0 aliphatic heterocycles. The normalized spacial score (nSPS) is 11.1. The summed E-state index contributed by atoms with van der Waals surface area (Å²) >= 11 is 1.57. The Labute approximate surface area is 168 Å². The third-order valence-corrected chi connectivity index (χ3v) is 5.18. The Bertz CT molecular complexity index is 963. The van der Waals surface area contributed by atoms with Gasteiger partial charge in [0.1, 0.15) is 0 Å². The lowest BCUT2D eigenvalue weighted by molar-refractivity contribution is -0.120. The molecule has 148 valence electrons. The van der Waals surface area contributed by atoms with Crippen LogP contribution >= 0.6 is 11.3 Å². The molecule has 0 saturated carbocycles. The van der Waals surface area contributed by atoms with Gasteiger partial charge in [-0.15, -0.1) is 11.3 Å². The highest BCUT2D eigenvalue weighted by atomic mass is 32.1. The van der Waals surface area contributed by atoms with Gasteiger partial charge < -0.3 is 10.6 Å². The molecule has 0 aromatic carbocycles. The summed E-state index contributed by atoms with van der Waals surface area (Å²) in [6.07, 6.45) is 2.82. The number of nitrogens with zero attached hydrogens (tertiary/aromatic N) is 3. The van der Waals surface area contributed by atoms with E-state index in [9.17, 15) is 9.59 Å². The zero-order valence-electron chi connectivity index (χ0n) is 16.4. The van der Waals surface area contributed by atoms with E-state index >= 15 is 0 Å². The minimum atomic E-state index is -0.225. The number of pyridine rings is 1. The van der Waals surface area contributed by atoms with Gasteiger partial charge in [0.15, 0.2) is 5.65 Å². The van der Waals surface area contributed by atoms with Crippen LogP contribution in [-0.2, 0) is 4.79 Å². The van der Waals surface area contributed by atoms with Gasteiger partial charge in [-0.2, -0.15) is 5.10 Å². The van der Waals surface area contributed by atoms with Crippen molar-refractivity contribution < 1.29 is 9.59 Å². The van der Waals surface area contributed by atoms with E-state index < -0.39 is 0 Å². The maximum absolute atomic E-state index is 12.9. The molecule has 3 rings (SSSR count). The quantitative estimate of drug-likeness (QED) is 0.608. The van der Waals surface area contributed by atoms with Gasteiger partial charge in [-0.05, 0) is 37.8 Å². The number of carbonyl (C=O) groups is 2. The highest BCUT2D eigenvalue weighted by Gasteiger charge is 2.18. The summed E-state index contributed by atoms with van der Waals surface area (Å²) in [5.74, 6) is -0.286. The SMILES string of the molecule is CCCNC(=O)CCNC(=O)c1cc(-c2cccs2)nc2c1cnn2C(C)C. The largest absolute Gasteiger partial charge is 0.356 e. The molecule has 0 saturated heterocycles. The second kappa shape index (κ2) is 8.97. The molecule has 2 amide bonds. The van der Waals surface area contributed by atoms with Crippen molar-refractivity contribution in [3.8, 4) is 10.6 Å². The second-order valence-electron chi connectivity index (χ2n) is 6.81. The number of fused-ring (bicyclic) bond motifs is 1. The van der Waals surface area contributed by atoms with Crippen LogP contribution in [0.15, 0.2) is 29.8 Å². The Kier molecular flexibility index (Phi) is 6.41. The van der Waals surface area contributed by atoms with Crippen molar-refractivity contribution in [2.45, 2.75) is 39.7 Å². The lowest BCUT2D eigenvalue weighted by Gasteiger charge is -2.10. The predicted molar refractivity (Wildman–Crippen MR) is 111 cm³/mol. The summed E-state index contributed by atoms with van der Waals surface area (Å²) in [6.45, 7) is 6.99. The molecular weight excluding hydrogens is 374 g/mol. The lowest BCUT2D eigenvalue weighted by atomic mass is 10.1. The van der Waals surface area contributed by atoms with Crippen molar-refractivity contribution in [3.05, 3.63) is 35.3 Å². The van der Waals surface area contributed by atoms with Crippen molar-refractivity contribution in [3.63, 3.8) is 0 Å². The first kappa shape index (κ1) is 20.0. The molecule has 0 unspecified atom stereocenters. The molecule has 7 nitrogen and oxygen atoms in total. The zero-order valence-corrected chi connectivity index (χ0v) is 17.2. The van der Waals surface area contributed by atoms with E-state index in [0.29, 0.717) is 23.1 Å². The van der Waals surface area contributed by atoms with Crippen LogP contribution in [0.2, 0.25) is 0 Å². The van der Waals surface area contributed by atoms with Gasteiger partial charge in [-0.1, -0.05) is 13.0 Å². The van der Waals surface area contributed by atoms with E-state index in [2.05, 4.69) is 15.7 Å². The Balaban J connectivity index is 1.86. The molecule has 0 aliphatic rings. The monoisotopic (exact) mass is 399 g/mol. The molecule has 0 atom stereocenters. The van der Waals surface area contributed by atoms with Crippen LogP contribution in [0.3, 0.4) is 0 Å². The molecule has 0 radical (unpaired) electrons. The first-order valence-electron chi connectivity index (χ1n) is 9.48. The smallest absolute Gasteiger partial charge is 0.252 e. The first-order chi connectivity index (χ1) is 13.5. The number of thiophene rings is 1. The molecule has 28 heavy (non-hydrogen) atoms. The van der Waals surface area contributed by atoms with Gasteiger partial charge in [0.25, 0.3) is 5.91 Å². The Morgan fingerprint density at radius 1 is 1.25 bits per heavy atom. The number of carbonyl (C=O) groups excluding carboxylic acids is 2. The summed E-state index contributed by atoms with van der Waals surface area (Å²) in [5.41, 5.74) is 1.96. The van der Waals surface area contributed by atoms with Crippen LogP contribution in [0.1, 0.15) is 50.0 Å². The van der Waals surface area contributed by atoms with Gasteiger partial charge in [0, 0.05) is 25.6 Å². The molecule has 0 bridgehead atoms. The average molecular weight is 400 g/mol. The minimum Gasteiger partial charge on any atom is -0.356 e. The van der Waals surface area contributed by atoms with E-state index in [1.807, 2.05) is 43.0 Å². The maximum Gasteiger partial charge on any atom is 0.252 e. The number of hydrogen-bond donors (Lipinski definition) is 2. The molecule has 3 aromatic rings. The number of hydrogen-bond acceptors (Lipinski definition) is 5. The molecule has 0 spiro atoms. The molecule has 0 fully saturated rings. The maximum atomic E-state index is 12.9. The van der Waals surface area contributed by atoms with E-state index in [-0.39, 0.29) is 30.8 Å². The topological polar surface area (TPSA) is 88.9 Å². The first-order valence-corrected chi connectivity index (χ1v) is 10.4. The van der Waals surface area contributed by atoms with Gasteiger partial charge >= 0.3 is 0 Å². The van der Waals surface area contributed by atoms with Crippen molar-refractivity contribution in [1.29, 1.82) is 0 Å².